The molecule has 1 unspecified atom stereocenters. The lowest BCUT2D eigenvalue weighted by molar-refractivity contribution is 0.176. The van der Waals surface area contributed by atoms with Crippen molar-refractivity contribution < 1.29 is 9.53 Å². The van der Waals surface area contributed by atoms with E-state index in [0.717, 1.165) is 25.9 Å². The van der Waals surface area contributed by atoms with Crippen molar-refractivity contribution in [3.05, 3.63) is 0 Å². The van der Waals surface area contributed by atoms with Crippen LogP contribution in [0.4, 0.5) is 0 Å². The lowest BCUT2D eigenvalue weighted by atomic mass is 10.2. The minimum absolute atomic E-state index is 0.157. The molecule has 0 aromatic carbocycles. The molecule has 1 N–H and O–H groups in total. The maximum Gasteiger partial charge on any atom is 0.186 e. The summed E-state index contributed by atoms with van der Waals surface area (Å²) >= 11 is 0. The van der Waals surface area contributed by atoms with Gasteiger partial charge < -0.3 is 9.53 Å². The topological polar surface area (TPSA) is 29.5 Å². The Balaban J connectivity index is 3.40. The van der Waals surface area contributed by atoms with E-state index in [-0.39, 0.29) is 6.10 Å². The molecule has 0 rings (SSSR count). The summed E-state index contributed by atoms with van der Waals surface area (Å²) < 4.78 is 5.97. The minimum atomic E-state index is -1.36. The Morgan fingerprint density at radius 2 is 1.87 bits per heavy atom. The molecular weight excluding hydrogens is 204 g/mol. The summed E-state index contributed by atoms with van der Waals surface area (Å²) in [5.41, 5.74) is 0. The van der Waals surface area contributed by atoms with E-state index in [9.17, 15) is 0 Å². The molecule has 0 bridgehead atoms. The summed E-state index contributed by atoms with van der Waals surface area (Å²) in [6, 6.07) is 1.28. The first-order valence-electron chi connectivity index (χ1n) is 6.30. The van der Waals surface area contributed by atoms with Gasteiger partial charge in [0.15, 0.2) is 8.32 Å². The van der Waals surface area contributed by atoms with E-state index >= 15 is 0 Å². The fraction of sp³-hybridized carbons (Fsp3) is 1.00. The molecule has 0 saturated carbocycles. The van der Waals surface area contributed by atoms with Gasteiger partial charge in [-0.05, 0) is 45.3 Å². The molecule has 0 fully saturated rings. The molecule has 1 atom stereocenters. The van der Waals surface area contributed by atoms with Crippen molar-refractivity contribution >= 4 is 8.32 Å². The van der Waals surface area contributed by atoms with Gasteiger partial charge in [0, 0.05) is 6.61 Å². The first-order valence-corrected chi connectivity index (χ1v) is 9.41. The Morgan fingerprint density at radius 3 is 2.40 bits per heavy atom. The molecule has 2 nitrogen and oxygen atoms in total. The summed E-state index contributed by atoms with van der Waals surface area (Å²) in [5, 5.41) is 9.10. The Morgan fingerprint density at radius 1 is 1.20 bits per heavy atom. The molecule has 0 aliphatic carbocycles. The van der Waals surface area contributed by atoms with Crippen molar-refractivity contribution in [2.75, 3.05) is 6.61 Å². The summed E-state index contributed by atoms with van der Waals surface area (Å²) in [5.74, 6) is 0. The molecule has 0 aromatic rings. The van der Waals surface area contributed by atoms with Crippen LogP contribution in [-0.4, -0.2) is 26.1 Å². The van der Waals surface area contributed by atoms with Crippen molar-refractivity contribution in [1.29, 1.82) is 0 Å². The Hall–Kier alpha value is 0.137. The predicted octanol–water partition coefficient (Wildman–Crippen LogP) is 3.56. The number of rotatable bonds is 9. The fourth-order valence-electron chi connectivity index (χ4n) is 1.56. The van der Waals surface area contributed by atoms with E-state index in [1.165, 1.54) is 18.9 Å². The van der Waals surface area contributed by atoms with E-state index in [4.69, 9.17) is 9.53 Å². The molecule has 0 spiro atoms. The SMILES string of the molecule is CCCC[Si](C)(C)OCCCCC(C)O. The largest absolute Gasteiger partial charge is 0.417 e. The van der Waals surface area contributed by atoms with E-state index in [0.29, 0.717) is 0 Å². The summed E-state index contributed by atoms with van der Waals surface area (Å²) in [4.78, 5) is 0. The van der Waals surface area contributed by atoms with Crippen LogP contribution in [0.3, 0.4) is 0 Å². The summed E-state index contributed by atoms with van der Waals surface area (Å²) in [7, 11) is -1.36. The highest BCUT2D eigenvalue weighted by atomic mass is 28.4. The van der Waals surface area contributed by atoms with Crippen LogP contribution in [0.1, 0.15) is 46.0 Å². The van der Waals surface area contributed by atoms with Crippen LogP contribution in [-0.2, 0) is 4.43 Å². The average Bonchev–Trinajstić information content (AvgIpc) is 2.14. The van der Waals surface area contributed by atoms with E-state index in [1.54, 1.807) is 0 Å². The number of hydrogen-bond acceptors (Lipinski definition) is 2. The molecule has 0 saturated heterocycles. The van der Waals surface area contributed by atoms with Crippen molar-refractivity contribution in [3.63, 3.8) is 0 Å². The van der Waals surface area contributed by atoms with Gasteiger partial charge in [-0.2, -0.15) is 0 Å². The highest BCUT2D eigenvalue weighted by molar-refractivity contribution is 6.71. The minimum Gasteiger partial charge on any atom is -0.417 e. The molecule has 92 valence electrons. The van der Waals surface area contributed by atoms with Gasteiger partial charge in [0.25, 0.3) is 0 Å². The molecule has 3 heteroatoms. The van der Waals surface area contributed by atoms with Crippen LogP contribution < -0.4 is 0 Å². The molecule has 0 heterocycles. The van der Waals surface area contributed by atoms with Crippen molar-refractivity contribution in [3.8, 4) is 0 Å². The third-order valence-corrected chi connectivity index (χ3v) is 5.18. The highest BCUT2D eigenvalue weighted by Crippen LogP contribution is 2.15. The predicted molar refractivity (Wildman–Crippen MR) is 68.7 cm³/mol. The van der Waals surface area contributed by atoms with Crippen LogP contribution in [0.25, 0.3) is 0 Å². The zero-order valence-corrected chi connectivity index (χ0v) is 11.9. The molecule has 0 radical (unpaired) electrons. The van der Waals surface area contributed by atoms with Gasteiger partial charge in [0.1, 0.15) is 0 Å². The summed E-state index contributed by atoms with van der Waals surface area (Å²) in [6.07, 6.45) is 5.48. The average molecular weight is 232 g/mol. The van der Waals surface area contributed by atoms with Crippen molar-refractivity contribution in [1.82, 2.24) is 0 Å². The second-order valence-corrected chi connectivity index (χ2v) is 9.36. The quantitative estimate of drug-likeness (QED) is 0.486. The second-order valence-electron chi connectivity index (χ2n) is 5.06. The zero-order chi connectivity index (χ0) is 11.7. The van der Waals surface area contributed by atoms with Gasteiger partial charge >= 0.3 is 0 Å². The monoisotopic (exact) mass is 232 g/mol. The molecule has 15 heavy (non-hydrogen) atoms. The van der Waals surface area contributed by atoms with Gasteiger partial charge in [0.05, 0.1) is 6.10 Å². The van der Waals surface area contributed by atoms with Crippen LogP contribution >= 0.6 is 0 Å². The van der Waals surface area contributed by atoms with Gasteiger partial charge in [-0.15, -0.1) is 0 Å². The van der Waals surface area contributed by atoms with E-state index in [2.05, 4.69) is 20.0 Å². The van der Waals surface area contributed by atoms with Crippen LogP contribution in [0, 0.1) is 0 Å². The number of aliphatic hydroxyl groups is 1. The van der Waals surface area contributed by atoms with Gasteiger partial charge in [-0.25, -0.2) is 0 Å². The third-order valence-electron chi connectivity index (χ3n) is 2.64. The Bertz CT molecular complexity index is 147. The molecule has 0 aliphatic rings. The van der Waals surface area contributed by atoms with Crippen LogP contribution in [0.2, 0.25) is 19.1 Å². The lowest BCUT2D eigenvalue weighted by Gasteiger charge is -2.22. The Kier molecular flexibility index (Phi) is 8.38. The van der Waals surface area contributed by atoms with Gasteiger partial charge in [0.2, 0.25) is 0 Å². The number of unbranched alkanes of at least 4 members (excludes halogenated alkanes) is 2. The van der Waals surface area contributed by atoms with Crippen molar-refractivity contribution in [2.45, 2.75) is 71.2 Å². The summed E-state index contributed by atoms with van der Waals surface area (Å²) in [6.45, 7) is 9.57. The van der Waals surface area contributed by atoms with Gasteiger partial charge in [-0.1, -0.05) is 19.8 Å². The van der Waals surface area contributed by atoms with Crippen molar-refractivity contribution in [2.24, 2.45) is 0 Å². The van der Waals surface area contributed by atoms with E-state index in [1.807, 2.05) is 6.92 Å². The van der Waals surface area contributed by atoms with Gasteiger partial charge in [-0.3, -0.25) is 0 Å². The molecule has 0 amide bonds. The third kappa shape index (κ3) is 10.4. The lowest BCUT2D eigenvalue weighted by Crippen LogP contribution is -2.30. The molecule has 0 aromatic heterocycles. The molecular formula is C12H28O2Si. The first kappa shape index (κ1) is 15.1. The molecule has 0 aliphatic heterocycles. The van der Waals surface area contributed by atoms with Crippen LogP contribution in [0.5, 0.6) is 0 Å². The second kappa shape index (κ2) is 8.31. The number of aliphatic hydroxyl groups excluding tert-OH is 1. The van der Waals surface area contributed by atoms with E-state index < -0.39 is 8.32 Å². The highest BCUT2D eigenvalue weighted by Gasteiger charge is 2.20. The van der Waals surface area contributed by atoms with Crippen LogP contribution in [0.15, 0.2) is 0 Å². The smallest absolute Gasteiger partial charge is 0.186 e. The number of hydrogen-bond donors (Lipinski definition) is 1. The fourth-order valence-corrected chi connectivity index (χ4v) is 3.61. The normalized spacial score (nSPS) is 14.2. The Labute approximate surface area is 96.2 Å². The zero-order valence-electron chi connectivity index (χ0n) is 10.9. The standard InChI is InChI=1S/C12H28O2Si/c1-5-6-11-15(3,4)14-10-8-7-9-12(2)13/h12-13H,5-11H2,1-4H3. The maximum absolute atomic E-state index is 9.10. The first-order chi connectivity index (χ1) is 6.98. The maximum atomic E-state index is 9.10.